The van der Waals surface area contributed by atoms with Crippen molar-refractivity contribution in [1.82, 2.24) is 0 Å². The third-order valence-electron chi connectivity index (χ3n) is 6.48. The van der Waals surface area contributed by atoms with Crippen LogP contribution in [0.4, 0.5) is 5.69 Å². The summed E-state index contributed by atoms with van der Waals surface area (Å²) in [6.07, 6.45) is 3.78. The van der Waals surface area contributed by atoms with Crippen LogP contribution in [0.15, 0.2) is 24.3 Å². The van der Waals surface area contributed by atoms with Crippen LogP contribution in [-0.4, -0.2) is 35.8 Å². The van der Waals surface area contributed by atoms with E-state index in [0.717, 1.165) is 32.1 Å². The Hall–Kier alpha value is -2.08. The van der Waals surface area contributed by atoms with Crippen LogP contribution in [0.2, 0.25) is 0 Å². The number of hydrogen-bond donors (Lipinski definition) is 2. The molecule has 1 amide bonds. The average molecular weight is 373 g/mol. The van der Waals surface area contributed by atoms with Gasteiger partial charge in [-0.2, -0.15) is 0 Å². The first-order valence-corrected chi connectivity index (χ1v) is 9.70. The molecule has 1 aromatic rings. The number of esters is 1. The highest BCUT2D eigenvalue weighted by molar-refractivity contribution is 5.96. The summed E-state index contributed by atoms with van der Waals surface area (Å²) < 4.78 is 10.8. The van der Waals surface area contributed by atoms with Crippen LogP contribution in [0.25, 0.3) is 0 Å². The minimum atomic E-state index is -0.912. The van der Waals surface area contributed by atoms with Crippen molar-refractivity contribution in [3.8, 4) is 5.75 Å². The van der Waals surface area contributed by atoms with Crippen molar-refractivity contribution in [1.29, 1.82) is 0 Å². The molecular formula is C21H27NO5. The standard InChI is InChI=1S/C21H27NO5/c1-13(18(23)22-16-5-3-4-6-17(16)26-2)27-19(24)20-8-14-7-15(9-20)11-21(25,10-14)12-20/h3-6,13-15,25H,7-12H2,1-2H3,(H,22,23)/t13-,14-,15+,20?,21?/m0/s1. The fourth-order valence-electron chi connectivity index (χ4n) is 5.77. The van der Waals surface area contributed by atoms with E-state index in [-0.39, 0.29) is 5.97 Å². The van der Waals surface area contributed by atoms with Gasteiger partial charge in [0.05, 0.1) is 23.8 Å². The molecule has 0 aromatic heterocycles. The monoisotopic (exact) mass is 373 g/mol. The molecule has 1 aromatic carbocycles. The number of rotatable bonds is 5. The van der Waals surface area contributed by atoms with Crippen molar-refractivity contribution < 1.29 is 24.2 Å². The predicted octanol–water partition coefficient (Wildman–Crippen LogP) is 2.90. The molecule has 5 atom stereocenters. The molecular weight excluding hydrogens is 346 g/mol. The molecule has 0 spiro atoms. The molecule has 4 saturated carbocycles. The Bertz CT molecular complexity index is 747. The first-order chi connectivity index (χ1) is 12.8. The van der Waals surface area contributed by atoms with Gasteiger partial charge >= 0.3 is 5.97 Å². The molecule has 0 saturated heterocycles. The van der Waals surface area contributed by atoms with Gasteiger partial charge in [0.2, 0.25) is 0 Å². The number of carbonyl (C=O) groups is 2. The average Bonchev–Trinajstić information content (AvgIpc) is 2.60. The number of para-hydroxylation sites is 2. The summed E-state index contributed by atoms with van der Waals surface area (Å²) in [6.45, 7) is 1.58. The van der Waals surface area contributed by atoms with Crippen molar-refractivity contribution in [2.24, 2.45) is 17.3 Å². The predicted molar refractivity (Wildman–Crippen MR) is 99.2 cm³/mol. The van der Waals surface area contributed by atoms with Crippen LogP contribution in [0.5, 0.6) is 5.75 Å². The largest absolute Gasteiger partial charge is 0.495 e. The van der Waals surface area contributed by atoms with Crippen LogP contribution in [-0.2, 0) is 14.3 Å². The van der Waals surface area contributed by atoms with Crippen molar-refractivity contribution >= 4 is 17.6 Å². The second-order valence-electron chi connectivity index (χ2n) is 8.70. The van der Waals surface area contributed by atoms with E-state index in [4.69, 9.17) is 9.47 Å². The topological polar surface area (TPSA) is 84.9 Å². The fraction of sp³-hybridized carbons (Fsp3) is 0.619. The van der Waals surface area contributed by atoms with E-state index in [1.165, 1.54) is 7.11 Å². The maximum atomic E-state index is 13.0. The van der Waals surface area contributed by atoms with Crippen molar-refractivity contribution in [2.75, 3.05) is 12.4 Å². The number of aliphatic hydroxyl groups is 1. The van der Waals surface area contributed by atoms with Gasteiger partial charge < -0.3 is 19.9 Å². The molecule has 6 nitrogen and oxygen atoms in total. The summed E-state index contributed by atoms with van der Waals surface area (Å²) in [7, 11) is 1.53. The first kappa shape index (κ1) is 18.3. The summed E-state index contributed by atoms with van der Waals surface area (Å²) in [5.74, 6) is 0.602. The van der Waals surface area contributed by atoms with E-state index in [1.54, 1.807) is 25.1 Å². The lowest BCUT2D eigenvalue weighted by molar-refractivity contribution is -0.199. The van der Waals surface area contributed by atoms with Crippen LogP contribution >= 0.6 is 0 Å². The molecule has 0 aliphatic heterocycles. The van der Waals surface area contributed by atoms with E-state index in [2.05, 4.69) is 5.32 Å². The Balaban J connectivity index is 1.43. The zero-order valence-corrected chi connectivity index (χ0v) is 15.9. The smallest absolute Gasteiger partial charge is 0.312 e. The summed E-state index contributed by atoms with van der Waals surface area (Å²) in [4.78, 5) is 25.5. The Kier molecular flexibility index (Phi) is 4.41. The third kappa shape index (κ3) is 3.31. The van der Waals surface area contributed by atoms with Crippen LogP contribution in [0.3, 0.4) is 0 Å². The van der Waals surface area contributed by atoms with Crippen molar-refractivity contribution in [3.63, 3.8) is 0 Å². The summed E-state index contributed by atoms with van der Waals surface area (Å²) in [6, 6.07) is 7.10. The minimum Gasteiger partial charge on any atom is -0.495 e. The molecule has 27 heavy (non-hydrogen) atoms. The van der Waals surface area contributed by atoms with Gasteiger partial charge in [-0.15, -0.1) is 0 Å². The maximum Gasteiger partial charge on any atom is 0.312 e. The lowest BCUT2D eigenvalue weighted by Gasteiger charge is -2.58. The molecule has 4 aliphatic rings. The van der Waals surface area contributed by atoms with Crippen LogP contribution < -0.4 is 10.1 Å². The maximum absolute atomic E-state index is 13.0. The van der Waals surface area contributed by atoms with E-state index in [1.807, 2.05) is 6.07 Å². The number of amides is 1. The highest BCUT2D eigenvalue weighted by atomic mass is 16.5. The first-order valence-electron chi connectivity index (χ1n) is 9.70. The number of anilines is 1. The lowest BCUT2D eigenvalue weighted by atomic mass is 9.48. The lowest BCUT2D eigenvalue weighted by Crippen LogP contribution is -2.59. The Morgan fingerprint density at radius 1 is 1.19 bits per heavy atom. The zero-order chi connectivity index (χ0) is 19.2. The van der Waals surface area contributed by atoms with Crippen LogP contribution in [0.1, 0.15) is 45.4 Å². The van der Waals surface area contributed by atoms with Crippen LogP contribution in [0, 0.1) is 17.3 Å². The summed E-state index contributed by atoms with van der Waals surface area (Å²) >= 11 is 0. The summed E-state index contributed by atoms with van der Waals surface area (Å²) in [5, 5.41) is 13.6. The molecule has 4 aliphatic carbocycles. The molecule has 2 unspecified atom stereocenters. The highest BCUT2D eigenvalue weighted by Crippen LogP contribution is 2.62. The van der Waals surface area contributed by atoms with Gasteiger partial charge in [0.1, 0.15) is 5.75 Å². The van der Waals surface area contributed by atoms with E-state index < -0.39 is 23.0 Å². The Labute approximate surface area is 159 Å². The molecule has 6 heteroatoms. The van der Waals surface area contributed by atoms with Gasteiger partial charge in [0.25, 0.3) is 5.91 Å². The molecule has 5 rings (SSSR count). The minimum absolute atomic E-state index is 0.335. The third-order valence-corrected chi connectivity index (χ3v) is 6.48. The SMILES string of the molecule is COc1ccccc1NC(=O)[C@H](C)OC(=O)C12C[C@@H]3C[C@@H](CC(O)(C3)C1)C2. The second kappa shape index (κ2) is 6.51. The molecule has 4 bridgehead atoms. The molecule has 2 N–H and O–H groups in total. The van der Waals surface area contributed by atoms with Gasteiger partial charge in [0, 0.05) is 0 Å². The Morgan fingerprint density at radius 3 is 2.48 bits per heavy atom. The van der Waals surface area contributed by atoms with Crippen molar-refractivity contribution in [3.05, 3.63) is 24.3 Å². The number of hydrogen-bond acceptors (Lipinski definition) is 5. The normalized spacial score (nSPS) is 34.8. The number of nitrogens with one attached hydrogen (secondary N) is 1. The van der Waals surface area contributed by atoms with E-state index >= 15 is 0 Å². The van der Waals surface area contributed by atoms with Gasteiger partial charge in [-0.05, 0) is 69.4 Å². The van der Waals surface area contributed by atoms with Crippen molar-refractivity contribution in [2.45, 2.75) is 57.2 Å². The highest BCUT2D eigenvalue weighted by Gasteiger charge is 2.61. The fourth-order valence-corrected chi connectivity index (χ4v) is 5.77. The van der Waals surface area contributed by atoms with E-state index in [0.29, 0.717) is 29.7 Å². The van der Waals surface area contributed by atoms with E-state index in [9.17, 15) is 14.7 Å². The Morgan fingerprint density at radius 2 is 1.85 bits per heavy atom. The molecule has 0 heterocycles. The van der Waals surface area contributed by atoms with Gasteiger partial charge in [-0.1, -0.05) is 12.1 Å². The number of methoxy groups -OCH3 is 1. The van der Waals surface area contributed by atoms with Gasteiger partial charge in [-0.25, -0.2) is 0 Å². The quantitative estimate of drug-likeness (QED) is 0.775. The molecule has 0 radical (unpaired) electrons. The van der Waals surface area contributed by atoms with Gasteiger partial charge in [-0.3, -0.25) is 9.59 Å². The molecule has 146 valence electrons. The number of ether oxygens (including phenoxy) is 2. The number of benzene rings is 1. The zero-order valence-electron chi connectivity index (χ0n) is 15.9. The number of carbonyl (C=O) groups excluding carboxylic acids is 2. The van der Waals surface area contributed by atoms with Gasteiger partial charge in [0.15, 0.2) is 6.10 Å². The second-order valence-corrected chi connectivity index (χ2v) is 8.70. The summed E-state index contributed by atoms with van der Waals surface area (Å²) in [5.41, 5.74) is -0.818. The molecule has 4 fully saturated rings.